The maximum Gasteiger partial charge on any atom is 0.309 e. The molecule has 1 unspecified atom stereocenters. The Morgan fingerprint density at radius 1 is 1.17 bits per heavy atom. The maximum absolute atomic E-state index is 13.5. The van der Waals surface area contributed by atoms with Crippen molar-refractivity contribution in [1.29, 1.82) is 0 Å². The van der Waals surface area contributed by atoms with Crippen molar-refractivity contribution >= 4 is 22.9 Å². The quantitative estimate of drug-likeness (QED) is 0.627. The van der Waals surface area contributed by atoms with Gasteiger partial charge in [0.1, 0.15) is 11.9 Å². The van der Waals surface area contributed by atoms with Crippen LogP contribution in [0.3, 0.4) is 0 Å². The summed E-state index contributed by atoms with van der Waals surface area (Å²) in [6, 6.07) is 14.8. The molecule has 150 valence electrons. The summed E-state index contributed by atoms with van der Waals surface area (Å²) in [5.41, 5.74) is 3.97. The van der Waals surface area contributed by atoms with Gasteiger partial charge in [0.15, 0.2) is 0 Å². The van der Waals surface area contributed by atoms with E-state index < -0.39 is 12.2 Å². The van der Waals surface area contributed by atoms with E-state index in [4.69, 9.17) is 4.74 Å². The van der Waals surface area contributed by atoms with Crippen LogP contribution >= 0.6 is 0 Å². The summed E-state index contributed by atoms with van der Waals surface area (Å²) >= 11 is 0. The van der Waals surface area contributed by atoms with Crippen LogP contribution in [0.2, 0.25) is 0 Å². The molecule has 0 bridgehead atoms. The van der Waals surface area contributed by atoms with Crippen molar-refractivity contribution in [1.82, 2.24) is 4.57 Å². The van der Waals surface area contributed by atoms with Crippen LogP contribution in [-0.2, 0) is 9.53 Å². The number of aliphatic hydroxyl groups excluding tert-OH is 1. The molecule has 0 aliphatic carbocycles. The Morgan fingerprint density at radius 3 is 2.59 bits per heavy atom. The number of carbonyl (C=O) groups excluding carboxylic acids is 1. The molecule has 4 rings (SSSR count). The zero-order valence-corrected chi connectivity index (χ0v) is 16.5. The number of cyclic esters (lactones) is 1. The van der Waals surface area contributed by atoms with Crippen molar-refractivity contribution < 1.29 is 19.0 Å². The van der Waals surface area contributed by atoms with Gasteiger partial charge >= 0.3 is 5.97 Å². The van der Waals surface area contributed by atoms with Gasteiger partial charge in [-0.1, -0.05) is 30.3 Å². The summed E-state index contributed by atoms with van der Waals surface area (Å²) < 4.78 is 21.1. The molecular formula is C24H24FNO3. The molecule has 1 N–H and O–H groups in total. The third-order valence-corrected chi connectivity index (χ3v) is 5.26. The second-order valence-electron chi connectivity index (χ2n) is 7.73. The molecule has 4 nitrogen and oxygen atoms in total. The van der Waals surface area contributed by atoms with Crippen LogP contribution < -0.4 is 0 Å². The summed E-state index contributed by atoms with van der Waals surface area (Å²) in [6.07, 6.45) is 3.06. The fourth-order valence-corrected chi connectivity index (χ4v) is 4.05. The van der Waals surface area contributed by atoms with Crippen LogP contribution in [0.25, 0.3) is 28.1 Å². The van der Waals surface area contributed by atoms with E-state index in [1.807, 2.05) is 24.3 Å². The monoisotopic (exact) mass is 393 g/mol. The highest BCUT2D eigenvalue weighted by Crippen LogP contribution is 2.38. The number of aromatic nitrogens is 1. The van der Waals surface area contributed by atoms with Gasteiger partial charge in [0.2, 0.25) is 0 Å². The lowest BCUT2D eigenvalue weighted by Gasteiger charge is -2.23. The van der Waals surface area contributed by atoms with Crippen LogP contribution in [0.4, 0.5) is 4.39 Å². The lowest BCUT2D eigenvalue weighted by Crippen LogP contribution is -2.31. The first-order chi connectivity index (χ1) is 13.9. The Bertz CT molecular complexity index is 1070. The Kier molecular flexibility index (Phi) is 5.24. The molecule has 2 aromatic carbocycles. The van der Waals surface area contributed by atoms with Crippen molar-refractivity contribution in [3.8, 4) is 11.1 Å². The first-order valence-corrected chi connectivity index (χ1v) is 9.88. The number of carbonyl (C=O) groups is 1. The van der Waals surface area contributed by atoms with Gasteiger partial charge in [-0.25, -0.2) is 4.39 Å². The zero-order chi connectivity index (χ0) is 20.5. The van der Waals surface area contributed by atoms with Crippen LogP contribution in [0.15, 0.2) is 54.6 Å². The molecule has 0 spiro atoms. The molecule has 0 amide bonds. The van der Waals surface area contributed by atoms with E-state index in [-0.39, 0.29) is 24.2 Å². The highest BCUT2D eigenvalue weighted by Gasteiger charge is 2.26. The summed E-state index contributed by atoms with van der Waals surface area (Å²) in [4.78, 5) is 11.7. The molecule has 0 radical (unpaired) electrons. The minimum Gasteiger partial charge on any atom is -0.458 e. The number of aliphatic hydroxyl groups is 1. The molecule has 29 heavy (non-hydrogen) atoms. The number of ether oxygens (including phenoxy) is 1. The van der Waals surface area contributed by atoms with Crippen molar-refractivity contribution in [2.24, 2.45) is 0 Å². The highest BCUT2D eigenvalue weighted by molar-refractivity contribution is 6.01. The third kappa shape index (κ3) is 3.83. The van der Waals surface area contributed by atoms with Crippen LogP contribution in [0.1, 0.15) is 38.4 Å². The van der Waals surface area contributed by atoms with Gasteiger partial charge in [0.25, 0.3) is 0 Å². The first-order valence-electron chi connectivity index (χ1n) is 9.88. The van der Waals surface area contributed by atoms with E-state index in [9.17, 15) is 14.3 Å². The smallest absolute Gasteiger partial charge is 0.309 e. The third-order valence-electron chi connectivity index (χ3n) is 5.26. The first kappa shape index (κ1) is 19.4. The van der Waals surface area contributed by atoms with E-state index in [0.29, 0.717) is 6.42 Å². The largest absolute Gasteiger partial charge is 0.458 e. The summed E-state index contributed by atoms with van der Waals surface area (Å²) in [7, 11) is 0. The zero-order valence-electron chi connectivity index (χ0n) is 16.5. The molecular weight excluding hydrogens is 369 g/mol. The van der Waals surface area contributed by atoms with Gasteiger partial charge < -0.3 is 14.4 Å². The van der Waals surface area contributed by atoms with E-state index in [2.05, 4.69) is 30.5 Å². The van der Waals surface area contributed by atoms with Gasteiger partial charge in [-0.15, -0.1) is 0 Å². The van der Waals surface area contributed by atoms with E-state index in [1.165, 1.54) is 12.1 Å². The van der Waals surface area contributed by atoms with Gasteiger partial charge in [-0.3, -0.25) is 4.79 Å². The second kappa shape index (κ2) is 7.84. The minimum absolute atomic E-state index is 0.0391. The lowest BCUT2D eigenvalue weighted by atomic mass is 10.0. The topological polar surface area (TPSA) is 51.5 Å². The number of fused-ring (bicyclic) bond motifs is 1. The van der Waals surface area contributed by atoms with Crippen LogP contribution in [-0.4, -0.2) is 27.9 Å². The SMILES string of the molecule is CC(C)n1c(/C=C/[C@@H]2CC(O)CC(=O)O2)c(-c2ccc(F)cc2)c2ccccc21. The Balaban J connectivity index is 1.88. The molecule has 1 aromatic heterocycles. The van der Waals surface area contributed by atoms with Gasteiger partial charge in [0.05, 0.1) is 12.5 Å². The Hall–Kier alpha value is -2.92. The highest BCUT2D eigenvalue weighted by atomic mass is 19.1. The standard InChI is InChI=1S/C24H24FNO3/c1-15(2)26-21-6-4-3-5-20(21)24(16-7-9-17(25)10-8-16)22(26)12-11-19-13-18(27)14-23(28)29-19/h3-12,15,18-19,27H,13-14H2,1-2H3/b12-11+/t18?,19-/m1/s1. The average Bonchev–Trinajstić information content (AvgIpc) is 3.00. The van der Waals surface area contributed by atoms with Gasteiger partial charge in [0, 0.05) is 34.6 Å². The van der Waals surface area contributed by atoms with Gasteiger partial charge in [-0.05, 0) is 49.8 Å². The van der Waals surface area contributed by atoms with E-state index in [0.717, 1.165) is 27.7 Å². The molecule has 0 saturated carbocycles. The number of esters is 1. The average molecular weight is 393 g/mol. The molecule has 5 heteroatoms. The van der Waals surface area contributed by atoms with Crippen molar-refractivity contribution in [3.63, 3.8) is 0 Å². The fraction of sp³-hybridized carbons (Fsp3) is 0.292. The Labute approximate surface area is 169 Å². The van der Waals surface area contributed by atoms with E-state index in [1.54, 1.807) is 12.1 Å². The predicted octanol–water partition coefficient (Wildman–Crippen LogP) is 5.11. The normalized spacial score (nSPS) is 20.0. The molecule has 3 aromatic rings. The number of para-hydroxylation sites is 1. The minimum atomic E-state index is -0.682. The molecule has 2 heterocycles. The van der Waals surface area contributed by atoms with Crippen LogP contribution in [0.5, 0.6) is 0 Å². The number of hydrogen-bond donors (Lipinski definition) is 1. The van der Waals surface area contributed by atoms with Gasteiger partial charge in [-0.2, -0.15) is 0 Å². The number of hydrogen-bond acceptors (Lipinski definition) is 3. The number of halogens is 1. The molecule has 2 atom stereocenters. The second-order valence-corrected chi connectivity index (χ2v) is 7.73. The molecule has 1 saturated heterocycles. The summed E-state index contributed by atoms with van der Waals surface area (Å²) in [5.74, 6) is -0.664. The Morgan fingerprint density at radius 2 is 1.90 bits per heavy atom. The number of benzene rings is 2. The van der Waals surface area contributed by atoms with Crippen molar-refractivity contribution in [2.75, 3.05) is 0 Å². The summed E-state index contributed by atoms with van der Waals surface area (Å²) in [5, 5.41) is 11.0. The summed E-state index contributed by atoms with van der Waals surface area (Å²) in [6.45, 7) is 4.23. The lowest BCUT2D eigenvalue weighted by molar-refractivity contribution is -0.156. The van der Waals surface area contributed by atoms with E-state index >= 15 is 0 Å². The fourth-order valence-electron chi connectivity index (χ4n) is 4.05. The number of rotatable bonds is 4. The molecule has 1 aliphatic heterocycles. The predicted molar refractivity (Wildman–Crippen MR) is 112 cm³/mol. The van der Waals surface area contributed by atoms with Crippen molar-refractivity contribution in [3.05, 3.63) is 66.1 Å². The molecule has 1 fully saturated rings. The van der Waals surface area contributed by atoms with Crippen LogP contribution in [0, 0.1) is 5.82 Å². The van der Waals surface area contributed by atoms with Crippen molar-refractivity contribution in [2.45, 2.75) is 44.9 Å². The molecule has 1 aliphatic rings. The number of nitrogens with zero attached hydrogens (tertiary/aromatic N) is 1. The maximum atomic E-state index is 13.5.